The molecule has 2 saturated heterocycles. The van der Waals surface area contributed by atoms with Crippen LogP contribution in [0.5, 0.6) is 5.75 Å². The fourth-order valence-electron chi connectivity index (χ4n) is 6.07. The molecule has 2 aliphatic carbocycles. The molecule has 0 aromatic heterocycles. The van der Waals surface area contributed by atoms with Crippen LogP contribution in [0.1, 0.15) is 24.3 Å². The molecule has 1 saturated carbocycles. The van der Waals surface area contributed by atoms with Gasteiger partial charge in [0.2, 0.25) is 11.8 Å². The van der Waals surface area contributed by atoms with E-state index in [1.165, 1.54) is 19.2 Å². The van der Waals surface area contributed by atoms with Crippen LogP contribution < -0.4 is 5.73 Å². The van der Waals surface area contributed by atoms with E-state index in [-0.39, 0.29) is 18.4 Å². The van der Waals surface area contributed by atoms with Crippen LogP contribution in [-0.2, 0) is 19.2 Å². The van der Waals surface area contributed by atoms with Gasteiger partial charge >= 0.3 is 6.03 Å². The number of fused-ring (bicyclic) bond motifs is 4. The highest BCUT2D eigenvalue weighted by molar-refractivity contribution is 6.53. The van der Waals surface area contributed by atoms with Crippen LogP contribution in [0.25, 0.3) is 0 Å². The Kier molecular flexibility index (Phi) is 4.71. The summed E-state index contributed by atoms with van der Waals surface area (Å²) in [7, 11) is 1.21. The van der Waals surface area contributed by atoms with Gasteiger partial charge in [0.1, 0.15) is 0 Å². The molecule has 0 spiro atoms. The second-order valence-corrected chi connectivity index (χ2v) is 10.3. The van der Waals surface area contributed by atoms with Crippen LogP contribution in [0, 0.1) is 23.6 Å². The van der Waals surface area contributed by atoms with Crippen molar-refractivity contribution >= 4 is 52.9 Å². The minimum atomic E-state index is -2.14. The molecule has 2 heterocycles. The molecule has 34 heavy (non-hydrogen) atoms. The lowest BCUT2D eigenvalue weighted by Crippen LogP contribution is -2.60. The summed E-state index contributed by atoms with van der Waals surface area (Å²) >= 11 is 13.8. The highest BCUT2D eigenvalue weighted by Crippen LogP contribution is 2.66. The van der Waals surface area contributed by atoms with Crippen LogP contribution in [0.15, 0.2) is 29.8 Å². The number of phenols is 1. The quantitative estimate of drug-likeness (QED) is 0.335. The highest BCUT2D eigenvalue weighted by atomic mass is 35.5. The maximum Gasteiger partial charge on any atom is 0.328 e. The number of alkyl halides is 2. The van der Waals surface area contributed by atoms with Gasteiger partial charge in [0.25, 0.3) is 11.8 Å². The minimum absolute atomic E-state index is 0.0116. The van der Waals surface area contributed by atoms with Gasteiger partial charge in [-0.3, -0.25) is 24.1 Å². The Balaban J connectivity index is 1.76. The fraction of sp³-hybridized carbons (Fsp3) is 0.409. The van der Waals surface area contributed by atoms with Crippen LogP contribution >= 0.6 is 23.2 Å². The number of imide groups is 4. The third-order valence-corrected chi connectivity index (χ3v) is 8.98. The molecule has 6 atom stereocenters. The second-order valence-electron chi connectivity index (χ2n) is 9.03. The summed E-state index contributed by atoms with van der Waals surface area (Å²) in [4.78, 5) is 61.1. The zero-order valence-corrected chi connectivity index (χ0v) is 19.1. The average Bonchev–Trinajstić information content (AvgIpc) is 3.11. The standard InChI is InChI=1S/C22H18Cl2FN3O6/c1-27-18(32)21(23)7-11-8(5-6-9-13(11)17(31)28(16(9)30)20(26)34)14(22(21,24)19(27)33)10-3-2-4-12(25)15(10)29/h2-5,9,11,13-14,29H,6-7H2,1H3,(H2,26,34)/t9-,11+,13-,14+,21+,22-/m0/s1. The number of carbonyl (C=O) groups is 5. The number of nitrogens with two attached hydrogens (primary N) is 1. The molecular weight excluding hydrogens is 492 g/mol. The third-order valence-electron chi connectivity index (χ3n) is 7.56. The number of para-hydroxylation sites is 1. The van der Waals surface area contributed by atoms with Crippen molar-refractivity contribution in [2.75, 3.05) is 7.05 Å². The monoisotopic (exact) mass is 509 g/mol. The van der Waals surface area contributed by atoms with E-state index in [1.807, 2.05) is 0 Å². The molecule has 5 rings (SSSR count). The zero-order chi connectivity index (χ0) is 24.9. The Bertz CT molecular complexity index is 1250. The molecule has 3 fully saturated rings. The average molecular weight is 510 g/mol. The van der Waals surface area contributed by atoms with Crippen molar-refractivity contribution in [3.63, 3.8) is 0 Å². The molecule has 0 bridgehead atoms. The van der Waals surface area contributed by atoms with Crippen LogP contribution in [0.2, 0.25) is 0 Å². The van der Waals surface area contributed by atoms with Crippen molar-refractivity contribution in [1.82, 2.24) is 9.80 Å². The van der Waals surface area contributed by atoms with Crippen molar-refractivity contribution in [3.05, 3.63) is 41.2 Å². The van der Waals surface area contributed by atoms with Gasteiger partial charge in [-0.05, 0) is 24.8 Å². The molecule has 12 heteroatoms. The van der Waals surface area contributed by atoms with E-state index < -0.39 is 74.6 Å². The Labute approximate surface area is 202 Å². The largest absolute Gasteiger partial charge is 0.505 e. The summed E-state index contributed by atoms with van der Waals surface area (Å²) in [6.45, 7) is 0. The van der Waals surface area contributed by atoms with Crippen LogP contribution in [0.3, 0.4) is 0 Å². The summed E-state index contributed by atoms with van der Waals surface area (Å²) < 4.78 is 14.4. The number of primary amides is 1. The topological polar surface area (TPSA) is 138 Å². The summed E-state index contributed by atoms with van der Waals surface area (Å²) in [6, 6.07) is 2.45. The number of amides is 6. The molecule has 6 amide bonds. The van der Waals surface area contributed by atoms with Gasteiger partial charge in [-0.1, -0.05) is 23.8 Å². The predicted molar refractivity (Wildman–Crippen MR) is 115 cm³/mol. The Morgan fingerprint density at radius 2 is 1.82 bits per heavy atom. The van der Waals surface area contributed by atoms with Crippen molar-refractivity contribution in [2.24, 2.45) is 23.5 Å². The number of carbonyl (C=O) groups excluding carboxylic acids is 5. The highest BCUT2D eigenvalue weighted by Gasteiger charge is 2.76. The van der Waals surface area contributed by atoms with Crippen molar-refractivity contribution in [3.8, 4) is 5.75 Å². The van der Waals surface area contributed by atoms with E-state index in [4.69, 9.17) is 28.9 Å². The molecule has 9 nitrogen and oxygen atoms in total. The summed E-state index contributed by atoms with van der Waals surface area (Å²) in [5.74, 6) is -9.24. The van der Waals surface area contributed by atoms with Crippen molar-refractivity contribution < 1.29 is 33.5 Å². The van der Waals surface area contributed by atoms with Crippen LogP contribution in [-0.4, -0.2) is 61.4 Å². The van der Waals surface area contributed by atoms with E-state index >= 15 is 0 Å². The Morgan fingerprint density at radius 3 is 2.47 bits per heavy atom. The normalized spacial score (nSPS) is 36.9. The minimum Gasteiger partial charge on any atom is -0.505 e. The first-order valence-electron chi connectivity index (χ1n) is 10.4. The summed E-state index contributed by atoms with van der Waals surface area (Å²) in [5.41, 5.74) is 5.52. The lowest BCUT2D eigenvalue weighted by Gasteiger charge is -2.50. The molecule has 0 unspecified atom stereocenters. The van der Waals surface area contributed by atoms with Gasteiger partial charge in [-0.25, -0.2) is 9.18 Å². The number of nitrogens with zero attached hydrogens (tertiary/aromatic N) is 2. The molecule has 4 aliphatic rings. The number of urea groups is 1. The van der Waals surface area contributed by atoms with E-state index in [0.717, 1.165) is 11.0 Å². The number of halogens is 3. The Hall–Kier alpha value is -2.98. The number of allylic oxidation sites excluding steroid dienone is 2. The second kappa shape index (κ2) is 7.02. The predicted octanol–water partition coefficient (Wildman–Crippen LogP) is 1.60. The number of rotatable bonds is 1. The lowest BCUT2D eigenvalue weighted by atomic mass is 9.56. The number of hydrogen-bond donors (Lipinski definition) is 2. The van der Waals surface area contributed by atoms with E-state index in [9.17, 15) is 33.5 Å². The fourth-order valence-corrected chi connectivity index (χ4v) is 7.08. The molecular formula is C22H18Cl2FN3O6. The first kappa shape index (κ1) is 22.8. The number of hydrogen-bond acceptors (Lipinski definition) is 6. The van der Waals surface area contributed by atoms with E-state index in [2.05, 4.69) is 0 Å². The maximum absolute atomic E-state index is 14.4. The number of benzene rings is 1. The number of phenolic OH excluding ortho intramolecular Hbond substituents is 1. The molecule has 2 aliphatic heterocycles. The maximum atomic E-state index is 14.4. The van der Waals surface area contributed by atoms with Crippen LogP contribution in [0.4, 0.5) is 9.18 Å². The number of aromatic hydroxyl groups is 1. The molecule has 1 aromatic rings. The van der Waals surface area contributed by atoms with Crippen molar-refractivity contribution in [1.29, 1.82) is 0 Å². The molecule has 0 radical (unpaired) electrons. The van der Waals surface area contributed by atoms with Gasteiger partial charge in [-0.2, -0.15) is 4.90 Å². The SMILES string of the molecule is CN1C(=O)[C@]2(Cl)C[C@@H]3C(=CC[C@@H]4C(=O)N(C(N)=O)C(=O)[C@@H]43)[C@H](c3cccc(F)c3O)[C@]2(Cl)C1=O. The number of likely N-dealkylation sites (tertiary alicyclic amines) is 2. The smallest absolute Gasteiger partial charge is 0.328 e. The molecule has 1 aromatic carbocycles. The van der Waals surface area contributed by atoms with E-state index in [0.29, 0.717) is 10.5 Å². The van der Waals surface area contributed by atoms with Gasteiger partial charge in [0.05, 0.1) is 11.8 Å². The van der Waals surface area contributed by atoms with Gasteiger partial charge in [-0.15, -0.1) is 23.2 Å². The first-order chi connectivity index (χ1) is 15.9. The molecule has 3 N–H and O–H groups in total. The zero-order valence-electron chi connectivity index (χ0n) is 17.6. The van der Waals surface area contributed by atoms with E-state index in [1.54, 1.807) is 6.08 Å². The molecule has 178 valence electrons. The third kappa shape index (κ3) is 2.47. The lowest BCUT2D eigenvalue weighted by molar-refractivity contribution is -0.139. The Morgan fingerprint density at radius 1 is 1.15 bits per heavy atom. The van der Waals surface area contributed by atoms with Crippen molar-refractivity contribution in [2.45, 2.75) is 28.5 Å². The first-order valence-corrected chi connectivity index (χ1v) is 11.2. The van der Waals surface area contributed by atoms with Gasteiger partial charge in [0.15, 0.2) is 21.3 Å². The summed E-state index contributed by atoms with van der Waals surface area (Å²) in [6.07, 6.45) is 1.31. The van der Waals surface area contributed by atoms with Gasteiger partial charge in [0, 0.05) is 18.5 Å². The van der Waals surface area contributed by atoms with Gasteiger partial charge < -0.3 is 10.8 Å². The summed E-state index contributed by atoms with van der Waals surface area (Å²) in [5, 5.41) is 10.6.